The van der Waals surface area contributed by atoms with Crippen molar-refractivity contribution in [1.82, 2.24) is 4.98 Å². The molecule has 0 spiro atoms. The first-order valence-corrected chi connectivity index (χ1v) is 5.81. The molecule has 0 saturated carbocycles. The summed E-state index contributed by atoms with van der Waals surface area (Å²) < 4.78 is 5.10. The minimum absolute atomic E-state index is 0.139. The number of methoxy groups -OCH3 is 1. The van der Waals surface area contributed by atoms with Gasteiger partial charge in [0.15, 0.2) is 0 Å². The van der Waals surface area contributed by atoms with Gasteiger partial charge in [-0.25, -0.2) is 0 Å². The number of rotatable bonds is 5. The minimum atomic E-state index is -0.139. The lowest BCUT2D eigenvalue weighted by Crippen LogP contribution is -2.04. The maximum Gasteiger partial charge on any atom is 0.127 e. The van der Waals surface area contributed by atoms with Crippen LogP contribution in [-0.4, -0.2) is 18.4 Å². The molecule has 0 amide bonds. The molecule has 3 nitrogen and oxygen atoms in total. The molecule has 1 unspecified atom stereocenters. The number of aromatic nitrogens is 1. The van der Waals surface area contributed by atoms with Gasteiger partial charge in [0.05, 0.1) is 7.11 Å². The van der Waals surface area contributed by atoms with Crippen LogP contribution in [0, 0.1) is 0 Å². The predicted molar refractivity (Wildman–Crippen MR) is 69.7 cm³/mol. The Labute approximate surface area is 106 Å². The van der Waals surface area contributed by atoms with Crippen molar-refractivity contribution < 1.29 is 9.53 Å². The van der Waals surface area contributed by atoms with E-state index in [9.17, 15) is 4.79 Å². The number of benzene rings is 1. The summed E-state index contributed by atoms with van der Waals surface area (Å²) in [7, 11) is 1.63. The highest BCUT2D eigenvalue weighted by Crippen LogP contribution is 2.21. The number of nitrogens with zero attached hydrogens (tertiary/aromatic N) is 1. The quantitative estimate of drug-likeness (QED) is 0.755. The third-order valence-electron chi connectivity index (χ3n) is 2.89. The van der Waals surface area contributed by atoms with Crippen LogP contribution in [0.15, 0.2) is 48.8 Å². The number of aldehydes is 1. The summed E-state index contributed by atoms with van der Waals surface area (Å²) in [6.45, 7) is 0. The standard InChI is InChI=1S/C15H15NO2/c1-18-15-6-4-13(5-7-15)14(11-17)9-12-3-2-8-16-10-12/h2-8,10-11,14H,9H2,1H3. The normalized spacial score (nSPS) is 11.8. The molecule has 0 aliphatic rings. The van der Waals surface area contributed by atoms with Crippen LogP contribution < -0.4 is 4.74 Å². The lowest BCUT2D eigenvalue weighted by atomic mass is 9.94. The molecule has 92 valence electrons. The van der Waals surface area contributed by atoms with E-state index in [2.05, 4.69) is 4.98 Å². The Kier molecular flexibility index (Phi) is 4.07. The smallest absolute Gasteiger partial charge is 0.127 e. The summed E-state index contributed by atoms with van der Waals surface area (Å²) in [5, 5.41) is 0. The van der Waals surface area contributed by atoms with Crippen molar-refractivity contribution in [3.63, 3.8) is 0 Å². The molecular weight excluding hydrogens is 226 g/mol. The third kappa shape index (κ3) is 2.94. The molecule has 18 heavy (non-hydrogen) atoms. The Morgan fingerprint density at radius 2 is 2.06 bits per heavy atom. The van der Waals surface area contributed by atoms with Gasteiger partial charge >= 0.3 is 0 Å². The first-order valence-electron chi connectivity index (χ1n) is 5.81. The van der Waals surface area contributed by atoms with E-state index in [0.29, 0.717) is 6.42 Å². The van der Waals surface area contributed by atoms with Crippen LogP contribution >= 0.6 is 0 Å². The van der Waals surface area contributed by atoms with E-state index in [1.165, 1.54) is 0 Å². The number of pyridine rings is 1. The van der Waals surface area contributed by atoms with Crippen molar-refractivity contribution in [1.29, 1.82) is 0 Å². The van der Waals surface area contributed by atoms with Crippen molar-refractivity contribution in [2.45, 2.75) is 12.3 Å². The van der Waals surface area contributed by atoms with Gasteiger partial charge in [0.2, 0.25) is 0 Å². The highest BCUT2D eigenvalue weighted by molar-refractivity contribution is 5.63. The molecule has 0 fully saturated rings. The molecule has 0 saturated heterocycles. The molecule has 0 aliphatic carbocycles. The summed E-state index contributed by atoms with van der Waals surface area (Å²) >= 11 is 0. The highest BCUT2D eigenvalue weighted by Gasteiger charge is 2.11. The number of carbonyl (C=O) groups is 1. The molecule has 1 aromatic carbocycles. The van der Waals surface area contributed by atoms with Gasteiger partial charge in [-0.1, -0.05) is 18.2 Å². The fraction of sp³-hybridized carbons (Fsp3) is 0.200. The second-order valence-corrected chi connectivity index (χ2v) is 4.08. The van der Waals surface area contributed by atoms with Crippen molar-refractivity contribution in [2.75, 3.05) is 7.11 Å². The van der Waals surface area contributed by atoms with Crippen LogP contribution in [0.3, 0.4) is 0 Å². The van der Waals surface area contributed by atoms with Gasteiger partial charge in [0, 0.05) is 18.3 Å². The van der Waals surface area contributed by atoms with E-state index in [1.54, 1.807) is 19.5 Å². The molecule has 0 aliphatic heterocycles. The van der Waals surface area contributed by atoms with Crippen LogP contribution in [-0.2, 0) is 11.2 Å². The molecular formula is C15H15NO2. The molecule has 2 aromatic rings. The summed E-state index contributed by atoms with van der Waals surface area (Å²) in [5.74, 6) is 0.657. The molecule has 0 radical (unpaired) electrons. The van der Waals surface area contributed by atoms with Gasteiger partial charge in [-0.3, -0.25) is 4.98 Å². The SMILES string of the molecule is COc1ccc(C(C=O)Cc2cccnc2)cc1. The maximum atomic E-state index is 11.2. The zero-order valence-corrected chi connectivity index (χ0v) is 10.2. The fourth-order valence-corrected chi connectivity index (χ4v) is 1.87. The first kappa shape index (κ1) is 12.3. The maximum absolute atomic E-state index is 11.2. The van der Waals surface area contributed by atoms with E-state index in [0.717, 1.165) is 23.2 Å². The Hall–Kier alpha value is -2.16. The number of ether oxygens (including phenoxy) is 1. The van der Waals surface area contributed by atoms with E-state index in [4.69, 9.17) is 4.74 Å². The van der Waals surface area contributed by atoms with Gasteiger partial charge < -0.3 is 9.53 Å². The van der Waals surface area contributed by atoms with Crippen LogP contribution in [0.25, 0.3) is 0 Å². The van der Waals surface area contributed by atoms with Crippen LogP contribution in [0.1, 0.15) is 17.0 Å². The van der Waals surface area contributed by atoms with E-state index < -0.39 is 0 Å². The van der Waals surface area contributed by atoms with Crippen LogP contribution in [0.5, 0.6) is 5.75 Å². The largest absolute Gasteiger partial charge is 0.497 e. The average molecular weight is 241 g/mol. The van der Waals surface area contributed by atoms with E-state index in [1.807, 2.05) is 36.4 Å². The van der Waals surface area contributed by atoms with E-state index >= 15 is 0 Å². The first-order chi connectivity index (χ1) is 8.83. The zero-order valence-electron chi connectivity index (χ0n) is 10.2. The molecule has 0 bridgehead atoms. The molecule has 1 heterocycles. The zero-order chi connectivity index (χ0) is 12.8. The summed E-state index contributed by atoms with van der Waals surface area (Å²) in [6, 6.07) is 11.4. The predicted octanol–water partition coefficient (Wildman–Crippen LogP) is 2.62. The van der Waals surface area contributed by atoms with Gasteiger partial charge in [0.25, 0.3) is 0 Å². The van der Waals surface area contributed by atoms with Crippen LogP contribution in [0.4, 0.5) is 0 Å². The van der Waals surface area contributed by atoms with Gasteiger partial charge in [-0.2, -0.15) is 0 Å². The van der Waals surface area contributed by atoms with Gasteiger partial charge in [-0.15, -0.1) is 0 Å². The van der Waals surface area contributed by atoms with Crippen LogP contribution in [0.2, 0.25) is 0 Å². The topological polar surface area (TPSA) is 39.2 Å². The number of hydrogen-bond donors (Lipinski definition) is 0. The number of carbonyl (C=O) groups excluding carboxylic acids is 1. The van der Waals surface area contributed by atoms with Crippen molar-refractivity contribution in [2.24, 2.45) is 0 Å². The lowest BCUT2D eigenvalue weighted by molar-refractivity contribution is -0.109. The third-order valence-corrected chi connectivity index (χ3v) is 2.89. The summed E-state index contributed by atoms with van der Waals surface area (Å²) in [6.07, 6.45) is 5.17. The van der Waals surface area contributed by atoms with Crippen molar-refractivity contribution in [3.8, 4) is 5.75 Å². The van der Waals surface area contributed by atoms with E-state index in [-0.39, 0.29) is 5.92 Å². The molecule has 0 N–H and O–H groups in total. The Morgan fingerprint density at radius 3 is 2.61 bits per heavy atom. The monoisotopic (exact) mass is 241 g/mol. The number of hydrogen-bond acceptors (Lipinski definition) is 3. The lowest BCUT2D eigenvalue weighted by Gasteiger charge is -2.11. The fourth-order valence-electron chi connectivity index (χ4n) is 1.87. The van der Waals surface area contributed by atoms with Crippen molar-refractivity contribution in [3.05, 3.63) is 59.9 Å². The highest BCUT2D eigenvalue weighted by atomic mass is 16.5. The van der Waals surface area contributed by atoms with Gasteiger partial charge in [-0.05, 0) is 35.7 Å². The summed E-state index contributed by atoms with van der Waals surface area (Å²) in [4.78, 5) is 15.3. The molecule has 1 aromatic heterocycles. The molecule has 2 rings (SSSR count). The second kappa shape index (κ2) is 5.96. The summed E-state index contributed by atoms with van der Waals surface area (Å²) in [5.41, 5.74) is 2.06. The Balaban J connectivity index is 2.15. The minimum Gasteiger partial charge on any atom is -0.497 e. The molecule has 1 atom stereocenters. The second-order valence-electron chi connectivity index (χ2n) is 4.08. The van der Waals surface area contributed by atoms with Crippen molar-refractivity contribution >= 4 is 6.29 Å². The Morgan fingerprint density at radius 1 is 1.28 bits per heavy atom. The average Bonchev–Trinajstić information content (AvgIpc) is 2.46. The molecule has 3 heteroatoms. The Bertz CT molecular complexity index is 494. The van der Waals surface area contributed by atoms with Gasteiger partial charge in [0.1, 0.15) is 12.0 Å².